The number of rotatable bonds is 30. The Bertz CT molecular complexity index is 815. The lowest BCUT2D eigenvalue weighted by Crippen LogP contribution is -2.25. The van der Waals surface area contributed by atoms with E-state index in [1.54, 1.807) is 12.2 Å². The zero-order chi connectivity index (χ0) is 33.4. The molecule has 0 spiro atoms. The number of unbranched alkanes of at least 4 members (excludes halogenated alkanes) is 10. The molecule has 0 aliphatic heterocycles. The van der Waals surface area contributed by atoms with E-state index in [1.165, 1.54) is 44.9 Å². The summed E-state index contributed by atoms with van der Waals surface area (Å²) in [7, 11) is 0. The van der Waals surface area contributed by atoms with Gasteiger partial charge in [0.25, 0.3) is 0 Å². The minimum absolute atomic E-state index is 0.136. The van der Waals surface area contributed by atoms with Crippen molar-refractivity contribution in [3.63, 3.8) is 0 Å². The van der Waals surface area contributed by atoms with E-state index in [0.29, 0.717) is 19.3 Å². The first-order chi connectivity index (χ1) is 21.7. The van der Waals surface area contributed by atoms with E-state index < -0.39 is 18.2 Å². The highest BCUT2D eigenvalue weighted by atomic mass is 16.6. The summed E-state index contributed by atoms with van der Waals surface area (Å²) in [5, 5.41) is 29.9. The zero-order valence-corrected chi connectivity index (χ0v) is 28.8. The highest BCUT2D eigenvalue weighted by molar-refractivity contribution is 5.69. The maximum absolute atomic E-state index is 11.9. The zero-order valence-electron chi connectivity index (χ0n) is 28.8. The van der Waals surface area contributed by atoms with Crippen molar-refractivity contribution in [1.29, 1.82) is 0 Å². The SMILES string of the molecule is CCCCC[C@H](O)/C=C/C=C\C/C=C\C=C\[C@H](O)CCCC(=O)OC[C@@H](O)COC(=O)CCCCCCCCCCCC(C)C. The van der Waals surface area contributed by atoms with Gasteiger partial charge in [-0.1, -0.05) is 146 Å². The molecule has 0 aliphatic rings. The van der Waals surface area contributed by atoms with E-state index in [1.807, 2.05) is 36.5 Å². The molecule has 0 radical (unpaired) electrons. The van der Waals surface area contributed by atoms with Crippen molar-refractivity contribution in [1.82, 2.24) is 0 Å². The number of aliphatic hydroxyl groups is 3. The molecule has 0 unspecified atom stereocenters. The Labute approximate surface area is 274 Å². The minimum atomic E-state index is -1.05. The van der Waals surface area contributed by atoms with E-state index >= 15 is 0 Å². The number of ether oxygens (including phenoxy) is 2. The third-order valence-electron chi connectivity index (χ3n) is 7.45. The van der Waals surface area contributed by atoms with Crippen LogP contribution in [0.4, 0.5) is 0 Å². The van der Waals surface area contributed by atoms with Crippen LogP contribution in [-0.2, 0) is 19.1 Å². The van der Waals surface area contributed by atoms with Gasteiger partial charge < -0.3 is 24.8 Å². The Hall–Kier alpha value is -2.22. The number of allylic oxidation sites excluding steroid dienone is 6. The first kappa shape index (κ1) is 42.8. The lowest BCUT2D eigenvalue weighted by Gasteiger charge is -2.12. The monoisotopic (exact) mass is 634 g/mol. The quantitative estimate of drug-likeness (QED) is 0.0413. The van der Waals surface area contributed by atoms with Crippen LogP contribution < -0.4 is 0 Å². The smallest absolute Gasteiger partial charge is 0.305 e. The summed E-state index contributed by atoms with van der Waals surface area (Å²) in [6.07, 6.45) is 31.0. The molecule has 260 valence electrons. The van der Waals surface area contributed by atoms with Crippen molar-refractivity contribution in [2.24, 2.45) is 5.92 Å². The maximum Gasteiger partial charge on any atom is 0.305 e. The first-order valence-corrected chi connectivity index (χ1v) is 17.8. The lowest BCUT2D eigenvalue weighted by atomic mass is 10.0. The molecule has 0 fully saturated rings. The van der Waals surface area contributed by atoms with Crippen LogP contribution in [0.5, 0.6) is 0 Å². The average molecular weight is 635 g/mol. The van der Waals surface area contributed by atoms with Crippen molar-refractivity contribution in [2.45, 2.75) is 161 Å². The van der Waals surface area contributed by atoms with Crippen LogP contribution in [0.2, 0.25) is 0 Å². The van der Waals surface area contributed by atoms with Gasteiger partial charge in [-0.25, -0.2) is 0 Å². The van der Waals surface area contributed by atoms with Gasteiger partial charge in [0.1, 0.15) is 19.3 Å². The summed E-state index contributed by atoms with van der Waals surface area (Å²) < 4.78 is 10.2. The molecule has 7 nitrogen and oxygen atoms in total. The van der Waals surface area contributed by atoms with Crippen LogP contribution in [0, 0.1) is 5.92 Å². The van der Waals surface area contributed by atoms with Crippen molar-refractivity contribution in [3.05, 3.63) is 48.6 Å². The normalized spacial score (nSPS) is 14.3. The molecular formula is C38H66O7. The standard InChI is InChI=1S/C38H66O7/c1-4-5-18-25-34(39)26-20-15-11-9-12-16-21-27-35(40)28-23-30-38(43)45-32-36(41)31-44-37(42)29-22-17-13-8-6-7-10-14-19-24-33(2)3/h11-12,15-16,20-21,26-27,33-36,39-41H,4-10,13-14,17-19,22-25,28-32H2,1-3H3/b15-11-,16-12-,26-20+,27-21+/t34-,35-,36-/m0/s1. The maximum atomic E-state index is 11.9. The summed E-state index contributed by atoms with van der Waals surface area (Å²) in [6.45, 7) is 6.29. The summed E-state index contributed by atoms with van der Waals surface area (Å²) in [4.78, 5) is 23.8. The molecule has 3 N–H and O–H groups in total. The van der Waals surface area contributed by atoms with Gasteiger partial charge in [-0.15, -0.1) is 0 Å². The second kappa shape index (κ2) is 31.7. The molecule has 0 aliphatic carbocycles. The highest BCUT2D eigenvalue weighted by Gasteiger charge is 2.12. The van der Waals surface area contributed by atoms with Gasteiger partial charge in [-0.3, -0.25) is 9.59 Å². The fourth-order valence-corrected chi connectivity index (χ4v) is 4.66. The van der Waals surface area contributed by atoms with Crippen LogP contribution in [0.15, 0.2) is 48.6 Å². The minimum Gasteiger partial charge on any atom is -0.463 e. The van der Waals surface area contributed by atoms with Crippen molar-refractivity contribution >= 4 is 11.9 Å². The Morgan fingerprint density at radius 1 is 0.578 bits per heavy atom. The second-order valence-corrected chi connectivity index (χ2v) is 12.5. The molecule has 0 saturated heterocycles. The van der Waals surface area contributed by atoms with Crippen LogP contribution in [0.3, 0.4) is 0 Å². The molecular weight excluding hydrogens is 568 g/mol. The van der Waals surface area contributed by atoms with Crippen molar-refractivity contribution < 1.29 is 34.4 Å². The predicted molar refractivity (Wildman–Crippen MR) is 185 cm³/mol. The van der Waals surface area contributed by atoms with Crippen LogP contribution in [0.1, 0.15) is 143 Å². The van der Waals surface area contributed by atoms with Gasteiger partial charge in [0.15, 0.2) is 0 Å². The summed E-state index contributed by atoms with van der Waals surface area (Å²) in [6, 6.07) is 0. The molecule has 0 bridgehead atoms. The summed E-state index contributed by atoms with van der Waals surface area (Å²) in [5.74, 6) is 0.0130. The summed E-state index contributed by atoms with van der Waals surface area (Å²) in [5.41, 5.74) is 0. The average Bonchev–Trinajstić information content (AvgIpc) is 3.00. The van der Waals surface area contributed by atoms with E-state index in [0.717, 1.165) is 57.3 Å². The second-order valence-electron chi connectivity index (χ2n) is 12.5. The molecule has 0 aromatic heterocycles. The largest absolute Gasteiger partial charge is 0.463 e. The molecule has 0 aromatic rings. The Balaban J connectivity index is 3.74. The van der Waals surface area contributed by atoms with Gasteiger partial charge in [-0.2, -0.15) is 0 Å². The fourth-order valence-electron chi connectivity index (χ4n) is 4.66. The molecule has 0 amide bonds. The number of hydrogen-bond donors (Lipinski definition) is 3. The Kier molecular flexibility index (Phi) is 30.2. The van der Waals surface area contributed by atoms with Gasteiger partial charge in [-0.05, 0) is 38.0 Å². The van der Waals surface area contributed by atoms with E-state index in [-0.39, 0.29) is 31.7 Å². The van der Waals surface area contributed by atoms with Crippen LogP contribution in [-0.4, -0.2) is 58.8 Å². The van der Waals surface area contributed by atoms with Gasteiger partial charge >= 0.3 is 11.9 Å². The molecule has 0 saturated carbocycles. The predicted octanol–water partition coefficient (Wildman–Crippen LogP) is 8.47. The number of carbonyl (C=O) groups is 2. The molecule has 7 heteroatoms. The van der Waals surface area contributed by atoms with E-state index in [2.05, 4.69) is 20.8 Å². The van der Waals surface area contributed by atoms with Gasteiger partial charge in [0, 0.05) is 12.8 Å². The molecule has 3 atom stereocenters. The van der Waals surface area contributed by atoms with Gasteiger partial charge in [0.05, 0.1) is 12.2 Å². The topological polar surface area (TPSA) is 113 Å². The number of esters is 2. The number of hydrogen-bond acceptors (Lipinski definition) is 7. The Morgan fingerprint density at radius 2 is 1.02 bits per heavy atom. The first-order valence-electron chi connectivity index (χ1n) is 17.8. The van der Waals surface area contributed by atoms with Crippen molar-refractivity contribution in [3.8, 4) is 0 Å². The van der Waals surface area contributed by atoms with Crippen LogP contribution in [0.25, 0.3) is 0 Å². The number of carbonyl (C=O) groups excluding carboxylic acids is 2. The van der Waals surface area contributed by atoms with Gasteiger partial charge in [0.2, 0.25) is 0 Å². The van der Waals surface area contributed by atoms with E-state index in [9.17, 15) is 24.9 Å². The third-order valence-corrected chi connectivity index (χ3v) is 7.45. The molecule has 0 rings (SSSR count). The molecule has 45 heavy (non-hydrogen) atoms. The fraction of sp³-hybridized carbons (Fsp3) is 0.737. The number of aliphatic hydroxyl groups excluding tert-OH is 3. The highest BCUT2D eigenvalue weighted by Crippen LogP contribution is 2.14. The van der Waals surface area contributed by atoms with Crippen LogP contribution >= 0.6 is 0 Å². The summed E-state index contributed by atoms with van der Waals surface area (Å²) >= 11 is 0. The van der Waals surface area contributed by atoms with E-state index in [4.69, 9.17) is 9.47 Å². The van der Waals surface area contributed by atoms with Crippen molar-refractivity contribution in [2.75, 3.05) is 13.2 Å². The molecule has 0 aromatic carbocycles. The Morgan fingerprint density at radius 3 is 1.53 bits per heavy atom. The molecule has 0 heterocycles. The lowest BCUT2D eigenvalue weighted by molar-refractivity contribution is -0.152. The third kappa shape index (κ3) is 33.0.